The highest BCUT2D eigenvalue weighted by molar-refractivity contribution is 7.89. The van der Waals surface area contributed by atoms with Gasteiger partial charge < -0.3 is 15.0 Å². The minimum Gasteiger partial charge on any atom is -0.497 e. The number of anilines is 1. The zero-order valence-electron chi connectivity index (χ0n) is 16.1. The summed E-state index contributed by atoms with van der Waals surface area (Å²) in [6, 6.07) is 14.6. The van der Waals surface area contributed by atoms with Crippen LogP contribution >= 0.6 is 12.2 Å². The molecule has 1 saturated heterocycles. The Morgan fingerprint density at radius 3 is 2.39 bits per heavy atom. The van der Waals surface area contributed by atoms with Crippen LogP contribution in [0.3, 0.4) is 0 Å². The molecular formula is C20H25N3O3S2. The summed E-state index contributed by atoms with van der Waals surface area (Å²) < 4.78 is 32.3. The van der Waals surface area contributed by atoms with Crippen molar-refractivity contribution in [3.63, 3.8) is 0 Å². The van der Waals surface area contributed by atoms with E-state index in [1.54, 1.807) is 31.4 Å². The maximum absolute atomic E-state index is 12.8. The molecule has 28 heavy (non-hydrogen) atoms. The van der Waals surface area contributed by atoms with E-state index in [9.17, 15) is 8.42 Å². The molecule has 3 rings (SSSR count). The standard InChI is InChI=1S/C20H25N3O3S2/c1-3-16-5-4-6-17(15-16)21-20(27)22-11-13-23(14-12-22)28(24,25)19-9-7-18(26-2)8-10-19/h4-10,15H,3,11-14H2,1-2H3,(H,21,27). The Labute approximate surface area is 172 Å². The van der Waals surface area contributed by atoms with E-state index >= 15 is 0 Å². The van der Waals surface area contributed by atoms with Crippen LogP contribution in [0.2, 0.25) is 0 Å². The number of sulfonamides is 1. The second-order valence-electron chi connectivity index (χ2n) is 6.55. The summed E-state index contributed by atoms with van der Waals surface area (Å²) >= 11 is 5.52. The van der Waals surface area contributed by atoms with Gasteiger partial charge in [0.05, 0.1) is 12.0 Å². The van der Waals surface area contributed by atoms with Crippen LogP contribution in [0.4, 0.5) is 5.69 Å². The quantitative estimate of drug-likeness (QED) is 0.752. The summed E-state index contributed by atoms with van der Waals surface area (Å²) in [6.07, 6.45) is 0.962. The Morgan fingerprint density at radius 2 is 1.79 bits per heavy atom. The van der Waals surface area contributed by atoms with Gasteiger partial charge in [0.1, 0.15) is 5.75 Å². The Kier molecular flexibility index (Phi) is 6.53. The maximum Gasteiger partial charge on any atom is 0.243 e. The third-order valence-corrected chi connectivity index (χ3v) is 7.08. The van der Waals surface area contributed by atoms with Crippen molar-refractivity contribution in [1.29, 1.82) is 0 Å². The molecule has 1 aliphatic rings. The number of nitrogens with zero attached hydrogens (tertiary/aromatic N) is 2. The molecule has 2 aromatic rings. The van der Waals surface area contributed by atoms with Gasteiger partial charge in [0.15, 0.2) is 5.11 Å². The smallest absolute Gasteiger partial charge is 0.243 e. The summed E-state index contributed by atoms with van der Waals surface area (Å²) in [5, 5.41) is 3.88. The zero-order valence-corrected chi connectivity index (χ0v) is 17.7. The number of ether oxygens (including phenoxy) is 1. The highest BCUT2D eigenvalue weighted by atomic mass is 32.2. The molecular weight excluding hydrogens is 394 g/mol. The van der Waals surface area contributed by atoms with Gasteiger partial charge in [-0.2, -0.15) is 4.31 Å². The molecule has 2 aromatic carbocycles. The number of rotatable bonds is 5. The third-order valence-electron chi connectivity index (χ3n) is 4.81. The molecule has 150 valence electrons. The fraction of sp³-hybridized carbons (Fsp3) is 0.350. The predicted molar refractivity (Wildman–Crippen MR) is 115 cm³/mol. The number of aryl methyl sites for hydroxylation is 1. The molecule has 0 saturated carbocycles. The zero-order chi connectivity index (χ0) is 20.1. The summed E-state index contributed by atoms with van der Waals surface area (Å²) in [6.45, 7) is 4.00. The summed E-state index contributed by atoms with van der Waals surface area (Å²) in [7, 11) is -1.96. The number of hydrogen-bond acceptors (Lipinski definition) is 4. The molecule has 0 aliphatic carbocycles. The van der Waals surface area contributed by atoms with Crippen LogP contribution in [-0.4, -0.2) is 56.0 Å². The molecule has 0 aromatic heterocycles. The number of benzene rings is 2. The Hall–Kier alpha value is -2.16. The number of piperazine rings is 1. The molecule has 6 nitrogen and oxygen atoms in total. The van der Waals surface area contributed by atoms with Gasteiger partial charge in [0, 0.05) is 31.9 Å². The Bertz CT molecular complexity index is 922. The van der Waals surface area contributed by atoms with Crippen LogP contribution in [0.15, 0.2) is 53.4 Å². The van der Waals surface area contributed by atoms with Crippen LogP contribution in [0.1, 0.15) is 12.5 Å². The highest BCUT2D eigenvalue weighted by Crippen LogP contribution is 2.21. The lowest BCUT2D eigenvalue weighted by Gasteiger charge is -2.35. The Balaban J connectivity index is 1.60. The molecule has 1 fully saturated rings. The SMILES string of the molecule is CCc1cccc(NC(=S)N2CCN(S(=O)(=O)c3ccc(OC)cc3)CC2)c1. The number of nitrogens with one attached hydrogen (secondary N) is 1. The van der Waals surface area contributed by atoms with Crippen molar-refractivity contribution in [3.8, 4) is 5.75 Å². The van der Waals surface area contributed by atoms with Crippen molar-refractivity contribution in [3.05, 3.63) is 54.1 Å². The van der Waals surface area contributed by atoms with Gasteiger partial charge in [-0.05, 0) is 60.6 Å². The van der Waals surface area contributed by atoms with E-state index in [0.29, 0.717) is 37.0 Å². The average molecular weight is 420 g/mol. The molecule has 1 heterocycles. The van der Waals surface area contributed by atoms with Crippen LogP contribution in [-0.2, 0) is 16.4 Å². The lowest BCUT2D eigenvalue weighted by Crippen LogP contribution is -2.51. The molecule has 0 atom stereocenters. The first kappa shape index (κ1) is 20.6. The fourth-order valence-electron chi connectivity index (χ4n) is 3.10. The summed E-state index contributed by atoms with van der Waals surface area (Å²) in [5.41, 5.74) is 2.20. The van der Waals surface area contributed by atoms with E-state index in [-0.39, 0.29) is 4.90 Å². The Morgan fingerprint density at radius 1 is 1.11 bits per heavy atom. The first-order valence-corrected chi connectivity index (χ1v) is 11.1. The van der Waals surface area contributed by atoms with Crippen molar-refractivity contribution in [1.82, 2.24) is 9.21 Å². The van der Waals surface area contributed by atoms with E-state index in [0.717, 1.165) is 12.1 Å². The molecule has 0 unspecified atom stereocenters. The minimum atomic E-state index is -3.52. The van der Waals surface area contributed by atoms with Gasteiger partial charge in [-0.1, -0.05) is 19.1 Å². The molecule has 8 heteroatoms. The van der Waals surface area contributed by atoms with Gasteiger partial charge in [0.25, 0.3) is 0 Å². The van der Waals surface area contributed by atoms with Crippen LogP contribution in [0.5, 0.6) is 5.75 Å². The first-order chi connectivity index (χ1) is 13.4. The van der Waals surface area contributed by atoms with E-state index < -0.39 is 10.0 Å². The van der Waals surface area contributed by atoms with Crippen molar-refractivity contribution >= 4 is 33.0 Å². The summed E-state index contributed by atoms with van der Waals surface area (Å²) in [4.78, 5) is 2.28. The van der Waals surface area contributed by atoms with E-state index in [1.807, 2.05) is 17.0 Å². The topological polar surface area (TPSA) is 61.9 Å². The van der Waals surface area contributed by atoms with Crippen LogP contribution in [0, 0.1) is 0 Å². The molecule has 0 spiro atoms. The second-order valence-corrected chi connectivity index (χ2v) is 8.88. The molecule has 0 radical (unpaired) electrons. The maximum atomic E-state index is 12.8. The van der Waals surface area contributed by atoms with Crippen LogP contribution in [0.25, 0.3) is 0 Å². The molecule has 1 N–H and O–H groups in total. The summed E-state index contributed by atoms with van der Waals surface area (Å²) in [5.74, 6) is 0.632. The second kappa shape index (κ2) is 8.89. The first-order valence-electron chi connectivity index (χ1n) is 9.23. The lowest BCUT2D eigenvalue weighted by molar-refractivity contribution is 0.268. The number of hydrogen-bond donors (Lipinski definition) is 1. The van der Waals surface area contributed by atoms with Gasteiger partial charge in [-0.15, -0.1) is 0 Å². The monoisotopic (exact) mass is 419 g/mol. The molecule has 1 aliphatic heterocycles. The van der Waals surface area contributed by atoms with Gasteiger partial charge in [-0.25, -0.2) is 8.42 Å². The van der Waals surface area contributed by atoms with E-state index in [4.69, 9.17) is 17.0 Å². The fourth-order valence-corrected chi connectivity index (χ4v) is 4.82. The van der Waals surface area contributed by atoms with E-state index in [1.165, 1.54) is 9.87 Å². The van der Waals surface area contributed by atoms with Crippen molar-refractivity contribution in [2.45, 2.75) is 18.2 Å². The third kappa shape index (κ3) is 4.63. The normalized spacial score (nSPS) is 15.3. The number of methoxy groups -OCH3 is 1. The highest BCUT2D eigenvalue weighted by Gasteiger charge is 2.29. The molecule has 0 amide bonds. The van der Waals surface area contributed by atoms with Gasteiger partial charge in [-0.3, -0.25) is 0 Å². The van der Waals surface area contributed by atoms with Crippen molar-refractivity contribution in [2.75, 3.05) is 38.6 Å². The largest absolute Gasteiger partial charge is 0.497 e. The van der Waals surface area contributed by atoms with Crippen LogP contribution < -0.4 is 10.1 Å². The average Bonchev–Trinajstić information content (AvgIpc) is 2.74. The van der Waals surface area contributed by atoms with Crippen molar-refractivity contribution < 1.29 is 13.2 Å². The minimum absolute atomic E-state index is 0.277. The van der Waals surface area contributed by atoms with E-state index in [2.05, 4.69) is 24.4 Å². The lowest BCUT2D eigenvalue weighted by atomic mass is 10.1. The predicted octanol–water partition coefficient (Wildman–Crippen LogP) is 2.96. The van der Waals surface area contributed by atoms with Crippen molar-refractivity contribution in [2.24, 2.45) is 0 Å². The van der Waals surface area contributed by atoms with Gasteiger partial charge in [0.2, 0.25) is 10.0 Å². The number of thiocarbonyl (C=S) groups is 1. The van der Waals surface area contributed by atoms with Gasteiger partial charge >= 0.3 is 0 Å². The molecule has 0 bridgehead atoms.